The Morgan fingerprint density at radius 3 is 2.67 bits per heavy atom. The summed E-state index contributed by atoms with van der Waals surface area (Å²) in [5.41, 5.74) is 1.48. The monoisotopic (exact) mass is 345 g/mol. The van der Waals surface area contributed by atoms with Gasteiger partial charge in [0.1, 0.15) is 11.9 Å². The lowest BCUT2D eigenvalue weighted by atomic mass is 10.1. The highest BCUT2D eigenvalue weighted by Gasteiger charge is 2.23. The van der Waals surface area contributed by atoms with Crippen molar-refractivity contribution in [2.75, 3.05) is 18.8 Å². The number of hydrogen-bond donors (Lipinski definition) is 1. The fraction of sp³-hybridized carbons (Fsp3) is 0.235. The summed E-state index contributed by atoms with van der Waals surface area (Å²) in [5, 5.41) is 5.88. The van der Waals surface area contributed by atoms with Crippen LogP contribution in [0.4, 0.5) is 5.69 Å². The number of nitrogens with one attached hydrogen (secondary N) is 1. The van der Waals surface area contributed by atoms with Gasteiger partial charge in [-0.15, -0.1) is 0 Å². The van der Waals surface area contributed by atoms with Crippen LogP contribution in [-0.4, -0.2) is 39.8 Å². The van der Waals surface area contributed by atoms with Gasteiger partial charge in [-0.2, -0.15) is 5.10 Å². The second-order valence-corrected chi connectivity index (χ2v) is 7.40. The van der Waals surface area contributed by atoms with Gasteiger partial charge in [0.25, 0.3) is 10.0 Å². The van der Waals surface area contributed by atoms with Gasteiger partial charge in [0.15, 0.2) is 0 Å². The predicted molar refractivity (Wildman–Crippen MR) is 94.0 cm³/mol. The van der Waals surface area contributed by atoms with Crippen molar-refractivity contribution in [2.45, 2.75) is 17.4 Å². The van der Waals surface area contributed by atoms with E-state index in [9.17, 15) is 8.42 Å². The van der Waals surface area contributed by atoms with Crippen molar-refractivity contribution < 1.29 is 13.2 Å². The first-order valence-corrected chi connectivity index (χ1v) is 9.01. The highest BCUT2D eigenvalue weighted by atomic mass is 32.2. The van der Waals surface area contributed by atoms with Gasteiger partial charge in [-0.25, -0.2) is 8.42 Å². The summed E-state index contributed by atoms with van der Waals surface area (Å²) < 4.78 is 33.1. The van der Waals surface area contributed by atoms with Crippen LogP contribution in [0.3, 0.4) is 0 Å². The first-order valence-electron chi connectivity index (χ1n) is 7.53. The van der Waals surface area contributed by atoms with Gasteiger partial charge in [0, 0.05) is 31.8 Å². The third-order valence-electron chi connectivity index (χ3n) is 3.53. The Balaban J connectivity index is 1.76. The molecule has 1 unspecified atom stereocenters. The van der Waals surface area contributed by atoms with Crippen molar-refractivity contribution in [2.24, 2.45) is 5.10 Å². The molecular formula is C17H19N3O3S. The van der Waals surface area contributed by atoms with Crippen LogP contribution in [-0.2, 0) is 16.4 Å². The lowest BCUT2D eigenvalue weighted by Crippen LogP contribution is -2.16. The average molecular weight is 345 g/mol. The molecule has 0 fully saturated rings. The van der Waals surface area contributed by atoms with Crippen molar-refractivity contribution in [1.29, 1.82) is 0 Å². The fourth-order valence-corrected chi connectivity index (χ4v) is 3.51. The summed E-state index contributed by atoms with van der Waals surface area (Å²) in [6, 6.07) is 13.6. The van der Waals surface area contributed by atoms with Gasteiger partial charge in [0.05, 0.1) is 11.1 Å². The van der Waals surface area contributed by atoms with Gasteiger partial charge in [-0.3, -0.25) is 4.72 Å². The quantitative estimate of drug-likeness (QED) is 0.667. The molecule has 0 aliphatic carbocycles. The number of rotatable bonds is 5. The first kappa shape index (κ1) is 16.3. The minimum Gasteiger partial charge on any atom is -0.484 e. The molecular weight excluding hydrogens is 326 g/mol. The molecule has 126 valence electrons. The molecule has 1 aliphatic heterocycles. The van der Waals surface area contributed by atoms with Crippen LogP contribution in [0, 0.1) is 0 Å². The topological polar surface area (TPSA) is 71.0 Å². The van der Waals surface area contributed by atoms with E-state index in [2.05, 4.69) is 9.82 Å². The first-order chi connectivity index (χ1) is 11.4. The number of benzene rings is 2. The Morgan fingerprint density at radius 2 is 1.96 bits per heavy atom. The molecule has 0 radical (unpaired) electrons. The summed E-state index contributed by atoms with van der Waals surface area (Å²) in [4.78, 5) is 0.234. The molecule has 2 aromatic carbocycles. The smallest absolute Gasteiger partial charge is 0.261 e. The number of hydrazone groups is 1. The van der Waals surface area contributed by atoms with Crippen molar-refractivity contribution >= 4 is 21.9 Å². The van der Waals surface area contributed by atoms with E-state index in [-0.39, 0.29) is 11.0 Å². The van der Waals surface area contributed by atoms with E-state index in [0.29, 0.717) is 12.1 Å². The highest BCUT2D eigenvalue weighted by Crippen LogP contribution is 2.31. The maximum Gasteiger partial charge on any atom is 0.261 e. The second kappa shape index (κ2) is 6.52. The van der Waals surface area contributed by atoms with Crippen LogP contribution in [0.5, 0.6) is 5.75 Å². The molecule has 0 amide bonds. The van der Waals surface area contributed by atoms with Crippen molar-refractivity contribution in [3.63, 3.8) is 0 Å². The van der Waals surface area contributed by atoms with Crippen LogP contribution in [0.15, 0.2) is 58.5 Å². The van der Waals surface area contributed by atoms with Gasteiger partial charge < -0.3 is 9.75 Å². The molecule has 3 rings (SSSR count). The standard InChI is InChI=1S/C17H19N3O3S/c1-20(2)18-12-15-11-13-10-14(8-9-17(13)23-15)19-24(21,22)16-6-4-3-5-7-16/h3-10,12,15,19H,11H2,1-2H3/b18-12+. The van der Waals surface area contributed by atoms with Crippen LogP contribution in [0.1, 0.15) is 5.56 Å². The van der Waals surface area contributed by atoms with Gasteiger partial charge in [-0.1, -0.05) is 18.2 Å². The van der Waals surface area contributed by atoms with E-state index in [1.807, 2.05) is 14.1 Å². The fourth-order valence-electron chi connectivity index (χ4n) is 2.44. The van der Waals surface area contributed by atoms with Crippen LogP contribution >= 0.6 is 0 Å². The second-order valence-electron chi connectivity index (χ2n) is 5.71. The minimum absolute atomic E-state index is 0.136. The molecule has 1 N–H and O–H groups in total. The maximum absolute atomic E-state index is 12.4. The zero-order valence-corrected chi connectivity index (χ0v) is 14.3. The lowest BCUT2D eigenvalue weighted by Gasteiger charge is -2.09. The molecule has 7 heteroatoms. The zero-order valence-electron chi connectivity index (χ0n) is 13.5. The van der Waals surface area contributed by atoms with Gasteiger partial charge >= 0.3 is 0 Å². The minimum atomic E-state index is -3.59. The molecule has 0 aromatic heterocycles. The van der Waals surface area contributed by atoms with Crippen LogP contribution < -0.4 is 9.46 Å². The number of sulfonamides is 1. The Kier molecular flexibility index (Phi) is 4.44. The molecule has 0 saturated heterocycles. The summed E-state index contributed by atoms with van der Waals surface area (Å²) in [7, 11) is 0.0951. The van der Waals surface area contributed by atoms with E-state index in [1.54, 1.807) is 59.8 Å². The number of hydrogen-bond acceptors (Lipinski definition) is 5. The van der Waals surface area contributed by atoms with E-state index in [4.69, 9.17) is 4.74 Å². The highest BCUT2D eigenvalue weighted by molar-refractivity contribution is 7.92. The SMILES string of the molecule is CN(C)/N=C/C1Cc2cc(NS(=O)(=O)c3ccccc3)ccc2O1. The normalized spacial score (nSPS) is 16.7. The zero-order chi connectivity index (χ0) is 17.2. The maximum atomic E-state index is 12.4. The van der Waals surface area contributed by atoms with Crippen molar-refractivity contribution in [3.05, 3.63) is 54.1 Å². The van der Waals surface area contributed by atoms with Gasteiger partial charge in [-0.05, 0) is 30.3 Å². The molecule has 0 saturated carbocycles. The third-order valence-corrected chi connectivity index (χ3v) is 4.93. The molecule has 1 atom stereocenters. The third kappa shape index (κ3) is 3.68. The van der Waals surface area contributed by atoms with E-state index in [0.717, 1.165) is 11.3 Å². The number of nitrogens with zero attached hydrogens (tertiary/aromatic N) is 2. The summed E-state index contributed by atoms with van der Waals surface area (Å²) in [6.45, 7) is 0. The van der Waals surface area contributed by atoms with E-state index in [1.165, 1.54) is 0 Å². The van der Waals surface area contributed by atoms with Crippen LogP contribution in [0.25, 0.3) is 0 Å². The van der Waals surface area contributed by atoms with E-state index < -0.39 is 10.0 Å². The molecule has 1 aliphatic rings. The Labute approximate surface area is 141 Å². The summed E-state index contributed by atoms with van der Waals surface area (Å²) in [5.74, 6) is 0.757. The molecule has 0 spiro atoms. The number of fused-ring (bicyclic) bond motifs is 1. The molecule has 1 heterocycles. The largest absolute Gasteiger partial charge is 0.484 e. The number of ether oxygens (including phenoxy) is 1. The molecule has 2 aromatic rings. The van der Waals surface area contributed by atoms with E-state index >= 15 is 0 Å². The average Bonchev–Trinajstić information content (AvgIpc) is 2.95. The molecule has 24 heavy (non-hydrogen) atoms. The van der Waals surface area contributed by atoms with Crippen molar-refractivity contribution in [1.82, 2.24) is 5.01 Å². The molecule has 0 bridgehead atoms. The predicted octanol–water partition coefficient (Wildman–Crippen LogP) is 2.34. The molecule has 6 nitrogen and oxygen atoms in total. The Morgan fingerprint density at radius 1 is 1.21 bits per heavy atom. The Hall–Kier alpha value is -2.54. The Bertz CT molecular complexity index is 849. The van der Waals surface area contributed by atoms with Gasteiger partial charge in [0.2, 0.25) is 0 Å². The van der Waals surface area contributed by atoms with Crippen LogP contribution in [0.2, 0.25) is 0 Å². The summed E-state index contributed by atoms with van der Waals surface area (Å²) >= 11 is 0. The number of anilines is 1. The lowest BCUT2D eigenvalue weighted by molar-refractivity contribution is 0.301. The van der Waals surface area contributed by atoms with Crippen molar-refractivity contribution in [3.8, 4) is 5.75 Å². The summed E-state index contributed by atoms with van der Waals surface area (Å²) in [6.07, 6.45) is 2.27.